The van der Waals surface area contributed by atoms with Crippen LogP contribution in [0.5, 0.6) is 0 Å². The highest BCUT2D eigenvalue weighted by atomic mass is 32.1. The average molecular weight is 405 g/mol. The fraction of sp³-hybridized carbons (Fsp3) is 0.316. The lowest BCUT2D eigenvalue weighted by molar-refractivity contribution is 0.0592. The van der Waals surface area contributed by atoms with Crippen LogP contribution < -0.4 is 10.6 Å². The van der Waals surface area contributed by atoms with Crippen molar-refractivity contribution in [2.75, 3.05) is 24.9 Å². The Balaban J connectivity index is 1.75. The predicted octanol–water partition coefficient (Wildman–Crippen LogP) is 4.01. The third kappa shape index (κ3) is 4.28. The van der Waals surface area contributed by atoms with Crippen LogP contribution in [0.1, 0.15) is 44.0 Å². The summed E-state index contributed by atoms with van der Waals surface area (Å²) in [5.74, 6) is -0.740. The number of rotatable bonds is 4. The average Bonchev–Trinajstić information content (AvgIpc) is 3.04. The smallest absolute Gasteiger partial charge is 0.341 e. The summed E-state index contributed by atoms with van der Waals surface area (Å²) in [6.45, 7) is 0. The van der Waals surface area contributed by atoms with Crippen molar-refractivity contribution in [1.82, 2.24) is 0 Å². The number of esters is 2. The molecule has 1 heterocycles. The quantitative estimate of drug-likeness (QED) is 0.589. The van der Waals surface area contributed by atoms with E-state index in [4.69, 9.17) is 17.0 Å². The summed E-state index contributed by atoms with van der Waals surface area (Å²) in [6.07, 6.45) is 4.05. The first kappa shape index (κ1) is 19.3. The number of ether oxygens (including phenoxy) is 2. The minimum absolute atomic E-state index is 0.345. The fourth-order valence-corrected chi connectivity index (χ4v) is 4.61. The maximum Gasteiger partial charge on any atom is 0.341 e. The first-order valence-electron chi connectivity index (χ1n) is 8.52. The molecule has 0 saturated heterocycles. The van der Waals surface area contributed by atoms with Gasteiger partial charge in [-0.15, -0.1) is 11.3 Å². The zero-order valence-electron chi connectivity index (χ0n) is 15.1. The van der Waals surface area contributed by atoms with Gasteiger partial charge in [0.05, 0.1) is 25.3 Å². The van der Waals surface area contributed by atoms with Gasteiger partial charge in [-0.1, -0.05) is 0 Å². The Morgan fingerprint density at radius 3 is 2.33 bits per heavy atom. The van der Waals surface area contributed by atoms with Crippen LogP contribution in [0.15, 0.2) is 24.3 Å². The van der Waals surface area contributed by atoms with Gasteiger partial charge in [-0.3, -0.25) is 0 Å². The zero-order chi connectivity index (χ0) is 19.4. The summed E-state index contributed by atoms with van der Waals surface area (Å²) in [5, 5.41) is 7.26. The SMILES string of the molecule is COC(=O)c1ccc(NC(=S)Nc2sc3c(c2C(=O)OC)CCCC3)cc1. The van der Waals surface area contributed by atoms with Crippen LogP contribution in [0.2, 0.25) is 0 Å². The molecule has 8 heteroatoms. The van der Waals surface area contributed by atoms with Crippen LogP contribution in [0.3, 0.4) is 0 Å². The summed E-state index contributed by atoms with van der Waals surface area (Å²) >= 11 is 6.94. The summed E-state index contributed by atoms with van der Waals surface area (Å²) < 4.78 is 9.65. The number of benzene rings is 1. The molecule has 1 aliphatic carbocycles. The second kappa shape index (κ2) is 8.49. The number of aryl methyl sites for hydroxylation is 1. The molecule has 6 nitrogen and oxygen atoms in total. The highest BCUT2D eigenvalue weighted by Gasteiger charge is 2.26. The van der Waals surface area contributed by atoms with Gasteiger partial charge in [0.2, 0.25) is 0 Å². The summed E-state index contributed by atoms with van der Waals surface area (Å²) in [6, 6.07) is 6.78. The number of thiocarbonyl (C=S) groups is 1. The van der Waals surface area contributed by atoms with Gasteiger partial charge in [0.25, 0.3) is 0 Å². The van der Waals surface area contributed by atoms with E-state index in [0.29, 0.717) is 21.2 Å². The standard InChI is InChI=1S/C19H20N2O4S2/c1-24-17(22)11-7-9-12(10-8-11)20-19(26)21-16-15(18(23)25-2)13-5-3-4-6-14(13)27-16/h7-10H,3-6H2,1-2H3,(H2,20,21,26). The van der Waals surface area contributed by atoms with Gasteiger partial charge in [0, 0.05) is 10.6 Å². The molecule has 0 atom stereocenters. The Morgan fingerprint density at radius 2 is 1.67 bits per heavy atom. The second-order valence-electron chi connectivity index (χ2n) is 6.05. The minimum Gasteiger partial charge on any atom is -0.465 e. The minimum atomic E-state index is -0.394. The van der Waals surface area contributed by atoms with Crippen molar-refractivity contribution in [2.45, 2.75) is 25.7 Å². The Labute approximate surface area is 166 Å². The van der Waals surface area contributed by atoms with Crippen LogP contribution >= 0.6 is 23.6 Å². The van der Waals surface area contributed by atoms with Crippen molar-refractivity contribution in [3.8, 4) is 0 Å². The van der Waals surface area contributed by atoms with E-state index in [1.54, 1.807) is 35.6 Å². The van der Waals surface area contributed by atoms with Crippen molar-refractivity contribution < 1.29 is 19.1 Å². The van der Waals surface area contributed by atoms with Crippen molar-refractivity contribution in [3.63, 3.8) is 0 Å². The predicted molar refractivity (Wildman–Crippen MR) is 110 cm³/mol. The van der Waals surface area contributed by atoms with Gasteiger partial charge < -0.3 is 20.1 Å². The van der Waals surface area contributed by atoms with E-state index in [2.05, 4.69) is 15.4 Å². The number of thiophene rings is 1. The number of nitrogens with one attached hydrogen (secondary N) is 2. The first-order chi connectivity index (χ1) is 13.0. The molecule has 3 rings (SSSR count). The molecule has 2 aromatic rings. The van der Waals surface area contributed by atoms with Gasteiger partial charge in [-0.25, -0.2) is 9.59 Å². The molecule has 0 bridgehead atoms. The molecule has 1 aromatic heterocycles. The van der Waals surface area contributed by atoms with E-state index >= 15 is 0 Å². The van der Waals surface area contributed by atoms with E-state index in [0.717, 1.165) is 36.9 Å². The van der Waals surface area contributed by atoms with Crippen LogP contribution in [-0.2, 0) is 22.3 Å². The van der Waals surface area contributed by atoms with Crippen molar-refractivity contribution >= 4 is 51.3 Å². The van der Waals surface area contributed by atoms with Crippen molar-refractivity contribution in [3.05, 3.63) is 45.8 Å². The molecule has 0 unspecified atom stereocenters. The summed E-state index contributed by atoms with van der Waals surface area (Å²) in [4.78, 5) is 25.0. The zero-order valence-corrected chi connectivity index (χ0v) is 16.7. The monoisotopic (exact) mass is 404 g/mol. The van der Waals surface area contributed by atoms with Crippen LogP contribution in [0.4, 0.5) is 10.7 Å². The molecule has 0 saturated carbocycles. The number of methoxy groups -OCH3 is 2. The first-order valence-corrected chi connectivity index (χ1v) is 9.75. The Morgan fingerprint density at radius 1 is 1.00 bits per heavy atom. The summed E-state index contributed by atoms with van der Waals surface area (Å²) in [7, 11) is 2.73. The van der Waals surface area contributed by atoms with Crippen LogP contribution in [-0.4, -0.2) is 31.3 Å². The number of hydrogen-bond acceptors (Lipinski definition) is 6. The molecule has 0 spiro atoms. The maximum atomic E-state index is 12.3. The van der Waals surface area contributed by atoms with Crippen LogP contribution in [0, 0.1) is 0 Å². The number of fused-ring (bicyclic) bond motifs is 1. The topological polar surface area (TPSA) is 76.7 Å². The van der Waals surface area contributed by atoms with E-state index in [1.807, 2.05) is 0 Å². The lowest BCUT2D eigenvalue weighted by Gasteiger charge is -2.12. The van der Waals surface area contributed by atoms with E-state index < -0.39 is 5.97 Å². The highest BCUT2D eigenvalue weighted by molar-refractivity contribution is 7.80. The molecule has 0 amide bonds. The van der Waals surface area contributed by atoms with E-state index in [-0.39, 0.29) is 5.97 Å². The lowest BCUT2D eigenvalue weighted by atomic mass is 9.95. The molecule has 0 radical (unpaired) electrons. The lowest BCUT2D eigenvalue weighted by Crippen LogP contribution is -2.20. The Bertz CT molecular complexity index is 875. The molecule has 2 N–H and O–H groups in total. The van der Waals surface area contributed by atoms with Gasteiger partial charge in [0.1, 0.15) is 5.00 Å². The number of carbonyl (C=O) groups is 2. The van der Waals surface area contributed by atoms with E-state index in [1.165, 1.54) is 19.1 Å². The number of anilines is 2. The largest absolute Gasteiger partial charge is 0.465 e. The molecule has 0 aliphatic heterocycles. The van der Waals surface area contributed by atoms with Gasteiger partial charge in [-0.05, 0) is 67.7 Å². The third-order valence-electron chi connectivity index (χ3n) is 4.35. The Kier molecular flexibility index (Phi) is 6.08. The molecule has 0 fully saturated rings. The van der Waals surface area contributed by atoms with Crippen LogP contribution in [0.25, 0.3) is 0 Å². The Hall–Kier alpha value is -2.45. The van der Waals surface area contributed by atoms with Gasteiger partial charge in [0.15, 0.2) is 5.11 Å². The number of carbonyl (C=O) groups excluding carboxylic acids is 2. The molecule has 142 valence electrons. The molecule has 1 aliphatic rings. The summed E-state index contributed by atoms with van der Waals surface area (Å²) in [5.41, 5.74) is 2.84. The van der Waals surface area contributed by atoms with Crippen molar-refractivity contribution in [1.29, 1.82) is 0 Å². The maximum absolute atomic E-state index is 12.3. The number of hydrogen-bond donors (Lipinski definition) is 2. The van der Waals surface area contributed by atoms with E-state index in [9.17, 15) is 9.59 Å². The molecular formula is C19H20N2O4S2. The molecule has 27 heavy (non-hydrogen) atoms. The molecular weight excluding hydrogens is 384 g/mol. The molecule has 1 aromatic carbocycles. The normalized spacial score (nSPS) is 12.7. The highest BCUT2D eigenvalue weighted by Crippen LogP contribution is 2.38. The second-order valence-corrected chi connectivity index (χ2v) is 7.57. The van der Waals surface area contributed by atoms with Gasteiger partial charge >= 0.3 is 11.9 Å². The third-order valence-corrected chi connectivity index (χ3v) is 5.76. The van der Waals surface area contributed by atoms with Crippen molar-refractivity contribution in [2.24, 2.45) is 0 Å². The van der Waals surface area contributed by atoms with Gasteiger partial charge in [-0.2, -0.15) is 0 Å². The fourth-order valence-electron chi connectivity index (χ4n) is 3.04.